The van der Waals surface area contributed by atoms with Crippen LogP contribution in [0.4, 0.5) is 0 Å². The summed E-state index contributed by atoms with van der Waals surface area (Å²) in [4.78, 5) is 5.82. The summed E-state index contributed by atoms with van der Waals surface area (Å²) in [6, 6.07) is 6.07. The standard InChI is InChI=1S/C18H24N2O3/c1-21-16-7-6-13(10-17(16)22-14-4-2-3-5-14)15-11-18(23-20-15)8-9-19-12-18/h6-7,10-11,14,19-20H,2-5,8-9,12H2,1H3. The van der Waals surface area contributed by atoms with E-state index < -0.39 is 0 Å². The molecule has 2 heterocycles. The average Bonchev–Trinajstić information content (AvgIpc) is 3.32. The van der Waals surface area contributed by atoms with Gasteiger partial charge in [-0.2, -0.15) is 0 Å². The third-order valence-corrected chi connectivity index (χ3v) is 4.99. The van der Waals surface area contributed by atoms with Crippen molar-refractivity contribution in [2.24, 2.45) is 0 Å². The van der Waals surface area contributed by atoms with Gasteiger partial charge in [0, 0.05) is 12.1 Å². The smallest absolute Gasteiger partial charge is 0.162 e. The predicted octanol–water partition coefficient (Wildman–Crippen LogP) is 2.62. The lowest BCUT2D eigenvalue weighted by Crippen LogP contribution is -2.31. The molecule has 2 fully saturated rings. The number of hydroxylamine groups is 1. The van der Waals surface area contributed by atoms with Gasteiger partial charge in [0.1, 0.15) is 5.60 Å². The molecule has 5 nitrogen and oxygen atoms in total. The molecule has 23 heavy (non-hydrogen) atoms. The van der Waals surface area contributed by atoms with Crippen LogP contribution in [0.15, 0.2) is 24.3 Å². The first-order chi connectivity index (χ1) is 11.3. The van der Waals surface area contributed by atoms with E-state index in [0.717, 1.165) is 55.1 Å². The van der Waals surface area contributed by atoms with E-state index in [-0.39, 0.29) is 5.60 Å². The number of hydrogen-bond acceptors (Lipinski definition) is 5. The Labute approximate surface area is 136 Å². The fourth-order valence-electron chi connectivity index (χ4n) is 3.64. The zero-order chi connectivity index (χ0) is 15.7. The Bertz CT molecular complexity index is 602. The second kappa shape index (κ2) is 6.06. The number of methoxy groups -OCH3 is 1. The van der Waals surface area contributed by atoms with E-state index >= 15 is 0 Å². The molecule has 3 aliphatic rings. The molecule has 1 aromatic carbocycles. The quantitative estimate of drug-likeness (QED) is 0.894. The summed E-state index contributed by atoms with van der Waals surface area (Å²) in [6.07, 6.45) is 8.26. The van der Waals surface area contributed by atoms with Crippen LogP contribution >= 0.6 is 0 Å². The van der Waals surface area contributed by atoms with Gasteiger partial charge in [-0.15, -0.1) is 0 Å². The molecule has 2 aliphatic heterocycles. The third-order valence-electron chi connectivity index (χ3n) is 4.99. The van der Waals surface area contributed by atoms with Crippen LogP contribution in [0.1, 0.15) is 37.7 Å². The van der Waals surface area contributed by atoms with Crippen molar-refractivity contribution in [1.82, 2.24) is 10.8 Å². The Balaban J connectivity index is 1.59. The van der Waals surface area contributed by atoms with Crippen LogP contribution in [0.5, 0.6) is 11.5 Å². The van der Waals surface area contributed by atoms with Gasteiger partial charge < -0.3 is 14.8 Å². The van der Waals surface area contributed by atoms with Gasteiger partial charge in [-0.3, -0.25) is 10.3 Å². The Morgan fingerprint density at radius 2 is 2.09 bits per heavy atom. The van der Waals surface area contributed by atoms with Gasteiger partial charge >= 0.3 is 0 Å². The van der Waals surface area contributed by atoms with Crippen LogP contribution < -0.4 is 20.3 Å². The van der Waals surface area contributed by atoms with Gasteiger partial charge in [0.25, 0.3) is 0 Å². The highest BCUT2D eigenvalue weighted by atomic mass is 16.7. The van der Waals surface area contributed by atoms with Crippen LogP contribution in [0.25, 0.3) is 5.70 Å². The largest absolute Gasteiger partial charge is 0.493 e. The van der Waals surface area contributed by atoms with E-state index in [0.29, 0.717) is 6.10 Å². The monoisotopic (exact) mass is 316 g/mol. The normalized spacial score (nSPS) is 27.3. The third kappa shape index (κ3) is 2.91. The lowest BCUT2D eigenvalue weighted by atomic mass is 10.0. The minimum absolute atomic E-state index is 0.207. The zero-order valence-corrected chi connectivity index (χ0v) is 13.6. The van der Waals surface area contributed by atoms with Crippen molar-refractivity contribution in [3.63, 3.8) is 0 Å². The highest BCUT2D eigenvalue weighted by Crippen LogP contribution is 2.36. The molecule has 1 aromatic rings. The van der Waals surface area contributed by atoms with Gasteiger partial charge in [-0.25, -0.2) is 0 Å². The second-order valence-corrected chi connectivity index (χ2v) is 6.64. The molecular weight excluding hydrogens is 292 g/mol. The van der Waals surface area contributed by atoms with E-state index in [4.69, 9.17) is 14.3 Å². The minimum atomic E-state index is -0.207. The number of ether oxygens (including phenoxy) is 2. The number of benzene rings is 1. The SMILES string of the molecule is COc1ccc(C2=CC3(CCNC3)ON2)cc1OC1CCCC1. The first-order valence-corrected chi connectivity index (χ1v) is 8.51. The molecule has 1 saturated heterocycles. The summed E-state index contributed by atoms with van der Waals surface area (Å²) < 4.78 is 11.6. The molecule has 1 unspecified atom stereocenters. The Morgan fingerprint density at radius 3 is 2.83 bits per heavy atom. The predicted molar refractivity (Wildman–Crippen MR) is 88.3 cm³/mol. The van der Waals surface area contributed by atoms with Crippen LogP contribution in [-0.2, 0) is 4.84 Å². The zero-order valence-electron chi connectivity index (χ0n) is 13.6. The van der Waals surface area contributed by atoms with E-state index in [1.54, 1.807) is 7.11 Å². The van der Waals surface area contributed by atoms with E-state index in [9.17, 15) is 0 Å². The summed E-state index contributed by atoms with van der Waals surface area (Å²) in [7, 11) is 1.69. The molecule has 2 N–H and O–H groups in total. The molecule has 1 aliphatic carbocycles. The molecule has 0 aromatic heterocycles. The highest BCUT2D eigenvalue weighted by Gasteiger charge is 2.38. The number of rotatable bonds is 4. The molecule has 0 radical (unpaired) electrons. The molecular formula is C18H24N2O3. The van der Waals surface area contributed by atoms with Crippen molar-refractivity contribution in [2.75, 3.05) is 20.2 Å². The molecule has 0 amide bonds. The lowest BCUT2D eigenvalue weighted by molar-refractivity contribution is -0.0200. The van der Waals surface area contributed by atoms with E-state index in [2.05, 4.69) is 22.9 Å². The molecule has 1 spiro atoms. The lowest BCUT2D eigenvalue weighted by Gasteiger charge is -2.17. The number of nitrogens with one attached hydrogen (secondary N) is 2. The summed E-state index contributed by atoms with van der Waals surface area (Å²) >= 11 is 0. The van der Waals surface area contributed by atoms with Gasteiger partial charge in [0.05, 0.1) is 18.9 Å². The Morgan fingerprint density at radius 1 is 1.22 bits per heavy atom. The Kier molecular flexibility index (Phi) is 3.91. The Hall–Kier alpha value is -1.72. The van der Waals surface area contributed by atoms with Crippen LogP contribution in [-0.4, -0.2) is 31.9 Å². The van der Waals surface area contributed by atoms with Gasteiger partial charge in [0.15, 0.2) is 11.5 Å². The maximum atomic E-state index is 6.18. The van der Waals surface area contributed by atoms with Crippen molar-refractivity contribution in [3.8, 4) is 11.5 Å². The first kappa shape index (κ1) is 14.8. The van der Waals surface area contributed by atoms with Crippen molar-refractivity contribution in [3.05, 3.63) is 29.8 Å². The average molecular weight is 316 g/mol. The molecule has 1 saturated carbocycles. The van der Waals surface area contributed by atoms with Crippen LogP contribution in [0, 0.1) is 0 Å². The molecule has 124 valence electrons. The second-order valence-electron chi connectivity index (χ2n) is 6.64. The minimum Gasteiger partial charge on any atom is -0.493 e. The summed E-state index contributed by atoms with van der Waals surface area (Å²) in [5.41, 5.74) is 4.96. The van der Waals surface area contributed by atoms with Crippen molar-refractivity contribution in [1.29, 1.82) is 0 Å². The maximum Gasteiger partial charge on any atom is 0.162 e. The topological polar surface area (TPSA) is 51.8 Å². The van der Waals surface area contributed by atoms with Crippen LogP contribution in [0.3, 0.4) is 0 Å². The maximum absolute atomic E-state index is 6.18. The van der Waals surface area contributed by atoms with Crippen molar-refractivity contribution < 1.29 is 14.3 Å². The molecule has 4 rings (SSSR count). The summed E-state index contributed by atoms with van der Waals surface area (Å²) in [5, 5.41) is 3.35. The van der Waals surface area contributed by atoms with Gasteiger partial charge in [-0.1, -0.05) is 0 Å². The highest BCUT2D eigenvalue weighted by molar-refractivity contribution is 5.68. The molecule has 5 heteroatoms. The van der Waals surface area contributed by atoms with E-state index in [1.165, 1.54) is 12.8 Å². The van der Waals surface area contributed by atoms with Crippen molar-refractivity contribution >= 4 is 5.70 Å². The number of hydrogen-bond donors (Lipinski definition) is 2. The fraction of sp³-hybridized carbons (Fsp3) is 0.556. The van der Waals surface area contributed by atoms with Gasteiger partial charge in [-0.05, 0) is 62.9 Å². The van der Waals surface area contributed by atoms with E-state index in [1.807, 2.05) is 12.1 Å². The molecule has 0 bridgehead atoms. The first-order valence-electron chi connectivity index (χ1n) is 8.51. The van der Waals surface area contributed by atoms with Crippen molar-refractivity contribution in [2.45, 2.75) is 43.8 Å². The van der Waals surface area contributed by atoms with Gasteiger partial charge in [0.2, 0.25) is 0 Å². The summed E-state index contributed by atoms with van der Waals surface area (Å²) in [5.74, 6) is 1.61. The van der Waals surface area contributed by atoms with Crippen LogP contribution in [0.2, 0.25) is 0 Å². The fourth-order valence-corrected chi connectivity index (χ4v) is 3.64. The summed E-state index contributed by atoms with van der Waals surface area (Å²) in [6.45, 7) is 1.84. The molecule has 1 atom stereocenters.